The van der Waals surface area contributed by atoms with Gasteiger partial charge in [-0.1, -0.05) is 33.6 Å². The highest BCUT2D eigenvalue weighted by molar-refractivity contribution is 5.65. The molecule has 0 N–H and O–H groups in total. The van der Waals surface area contributed by atoms with Crippen molar-refractivity contribution in [3.8, 4) is 0 Å². The normalized spacial score (nSPS) is 11.3. The van der Waals surface area contributed by atoms with Crippen molar-refractivity contribution in [1.82, 2.24) is 0 Å². The van der Waals surface area contributed by atoms with Gasteiger partial charge in [0.2, 0.25) is 0 Å². The van der Waals surface area contributed by atoms with Gasteiger partial charge in [-0.25, -0.2) is 0 Å². The van der Waals surface area contributed by atoms with Gasteiger partial charge in [0.1, 0.15) is 0 Å². The van der Waals surface area contributed by atoms with E-state index in [0.29, 0.717) is 6.61 Å². The van der Waals surface area contributed by atoms with E-state index in [-0.39, 0.29) is 11.4 Å². The lowest BCUT2D eigenvalue weighted by atomic mass is 9.88. The van der Waals surface area contributed by atoms with Crippen LogP contribution in [-0.4, -0.2) is 12.6 Å². The summed E-state index contributed by atoms with van der Waals surface area (Å²) in [6, 6.07) is 0. The van der Waals surface area contributed by atoms with Crippen molar-refractivity contribution in [3.05, 3.63) is 0 Å². The molecule has 72 valence electrons. The lowest BCUT2D eigenvalue weighted by molar-refractivity contribution is -0.144. The van der Waals surface area contributed by atoms with Crippen LogP contribution in [-0.2, 0) is 9.53 Å². The van der Waals surface area contributed by atoms with E-state index in [1.807, 2.05) is 0 Å². The number of rotatable bonds is 5. The summed E-state index contributed by atoms with van der Waals surface area (Å²) in [7, 11) is 0. The Morgan fingerprint density at radius 3 is 2.42 bits per heavy atom. The molecule has 0 aliphatic carbocycles. The van der Waals surface area contributed by atoms with Crippen molar-refractivity contribution in [2.24, 2.45) is 5.41 Å². The Balaban J connectivity index is 3.63. The average Bonchev–Trinajstić information content (AvgIpc) is 1.98. The van der Waals surface area contributed by atoms with Crippen LogP contribution in [0.2, 0.25) is 0 Å². The van der Waals surface area contributed by atoms with Crippen LogP contribution < -0.4 is 0 Å². The van der Waals surface area contributed by atoms with Crippen molar-refractivity contribution < 1.29 is 9.53 Å². The molecule has 0 amide bonds. The molecule has 0 spiro atoms. The number of unbranched alkanes of at least 4 members (excludes halogenated alkanes) is 1. The van der Waals surface area contributed by atoms with Crippen molar-refractivity contribution in [1.29, 1.82) is 0 Å². The molecule has 2 heteroatoms. The first-order valence-corrected chi connectivity index (χ1v) is 4.61. The molecule has 0 aromatic carbocycles. The van der Waals surface area contributed by atoms with Gasteiger partial charge >= 0.3 is 5.97 Å². The number of ether oxygens (including phenoxy) is 1. The van der Waals surface area contributed by atoms with Gasteiger partial charge in [-0.2, -0.15) is 0 Å². The predicted octanol–water partition coefficient (Wildman–Crippen LogP) is 2.77. The van der Waals surface area contributed by atoms with Gasteiger partial charge in [-0.05, 0) is 11.8 Å². The zero-order valence-electron chi connectivity index (χ0n) is 8.64. The number of esters is 1. The lowest BCUT2D eigenvalue weighted by Crippen LogP contribution is -2.20. The molecular weight excluding hydrogens is 152 g/mol. The van der Waals surface area contributed by atoms with Crippen LogP contribution in [0.25, 0.3) is 0 Å². The van der Waals surface area contributed by atoms with E-state index in [1.165, 1.54) is 19.8 Å². The monoisotopic (exact) mass is 172 g/mol. The van der Waals surface area contributed by atoms with Crippen LogP contribution in [0.5, 0.6) is 0 Å². The van der Waals surface area contributed by atoms with Gasteiger partial charge in [-0.15, -0.1) is 0 Å². The zero-order valence-corrected chi connectivity index (χ0v) is 8.64. The molecule has 0 fully saturated rings. The minimum Gasteiger partial charge on any atom is -0.465 e. The first-order valence-electron chi connectivity index (χ1n) is 4.61. The molecule has 0 atom stereocenters. The third kappa shape index (κ3) is 6.20. The van der Waals surface area contributed by atoms with Crippen molar-refractivity contribution >= 4 is 5.97 Å². The standard InChI is InChI=1S/C10H20O2/c1-5-6-7-10(3,4)8-12-9(2)11/h5-8H2,1-4H3. The number of hydrogen-bond donors (Lipinski definition) is 0. The van der Waals surface area contributed by atoms with Crippen molar-refractivity contribution in [3.63, 3.8) is 0 Å². The first-order chi connectivity index (χ1) is 5.48. The highest BCUT2D eigenvalue weighted by Crippen LogP contribution is 2.23. The second-order valence-electron chi connectivity index (χ2n) is 4.05. The predicted molar refractivity (Wildman–Crippen MR) is 49.9 cm³/mol. The second kappa shape index (κ2) is 5.18. The van der Waals surface area contributed by atoms with E-state index in [4.69, 9.17) is 4.74 Å². The molecular formula is C10H20O2. The molecule has 0 heterocycles. The Kier molecular flexibility index (Phi) is 4.95. The minimum absolute atomic E-state index is 0.141. The number of carbonyl (C=O) groups excluding carboxylic acids is 1. The first kappa shape index (κ1) is 11.5. The van der Waals surface area contributed by atoms with Crippen LogP contribution in [0.4, 0.5) is 0 Å². The fourth-order valence-corrected chi connectivity index (χ4v) is 1.02. The molecule has 0 radical (unpaired) electrons. The molecule has 0 aromatic rings. The van der Waals surface area contributed by atoms with E-state index >= 15 is 0 Å². The van der Waals surface area contributed by atoms with Crippen LogP contribution in [0.3, 0.4) is 0 Å². The fourth-order valence-electron chi connectivity index (χ4n) is 1.02. The summed E-state index contributed by atoms with van der Waals surface area (Å²) in [5, 5.41) is 0. The van der Waals surface area contributed by atoms with Gasteiger partial charge in [0.25, 0.3) is 0 Å². The Morgan fingerprint density at radius 2 is 2.00 bits per heavy atom. The molecule has 0 rings (SSSR count). The third-order valence-electron chi connectivity index (χ3n) is 1.87. The van der Waals surface area contributed by atoms with Gasteiger partial charge in [-0.3, -0.25) is 4.79 Å². The van der Waals surface area contributed by atoms with E-state index in [9.17, 15) is 4.79 Å². The summed E-state index contributed by atoms with van der Waals surface area (Å²) in [4.78, 5) is 10.5. The summed E-state index contributed by atoms with van der Waals surface area (Å²) < 4.78 is 4.96. The second-order valence-corrected chi connectivity index (χ2v) is 4.05. The highest BCUT2D eigenvalue weighted by Gasteiger charge is 2.18. The maximum Gasteiger partial charge on any atom is 0.302 e. The number of carbonyl (C=O) groups is 1. The van der Waals surface area contributed by atoms with Crippen LogP contribution >= 0.6 is 0 Å². The highest BCUT2D eigenvalue weighted by atomic mass is 16.5. The number of hydrogen-bond acceptors (Lipinski definition) is 2. The molecule has 0 aliphatic heterocycles. The quantitative estimate of drug-likeness (QED) is 0.596. The zero-order chi connectivity index (χ0) is 9.61. The van der Waals surface area contributed by atoms with Crippen LogP contribution in [0.1, 0.15) is 47.0 Å². The van der Waals surface area contributed by atoms with E-state index in [0.717, 1.165) is 6.42 Å². The molecule has 0 saturated carbocycles. The SMILES string of the molecule is CCCCC(C)(C)COC(C)=O. The Hall–Kier alpha value is -0.530. The summed E-state index contributed by atoms with van der Waals surface area (Å²) in [6.07, 6.45) is 3.52. The molecule has 0 aliphatic rings. The maximum absolute atomic E-state index is 10.5. The van der Waals surface area contributed by atoms with Crippen molar-refractivity contribution in [2.75, 3.05) is 6.61 Å². The van der Waals surface area contributed by atoms with Gasteiger partial charge in [0, 0.05) is 6.92 Å². The summed E-state index contributed by atoms with van der Waals surface area (Å²) in [6.45, 7) is 8.43. The molecule has 0 aromatic heterocycles. The van der Waals surface area contributed by atoms with Gasteiger partial charge in [0.15, 0.2) is 0 Å². The van der Waals surface area contributed by atoms with E-state index < -0.39 is 0 Å². The fraction of sp³-hybridized carbons (Fsp3) is 0.900. The molecule has 0 bridgehead atoms. The molecule has 0 unspecified atom stereocenters. The van der Waals surface area contributed by atoms with Crippen molar-refractivity contribution in [2.45, 2.75) is 47.0 Å². The van der Waals surface area contributed by atoms with E-state index in [1.54, 1.807) is 0 Å². The van der Waals surface area contributed by atoms with E-state index in [2.05, 4.69) is 20.8 Å². The largest absolute Gasteiger partial charge is 0.465 e. The average molecular weight is 172 g/mol. The van der Waals surface area contributed by atoms with Gasteiger partial charge < -0.3 is 4.74 Å². The Bertz CT molecular complexity index is 139. The lowest BCUT2D eigenvalue weighted by Gasteiger charge is -2.23. The summed E-state index contributed by atoms with van der Waals surface area (Å²) in [5.74, 6) is -0.181. The smallest absolute Gasteiger partial charge is 0.302 e. The molecule has 0 saturated heterocycles. The molecule has 2 nitrogen and oxygen atoms in total. The summed E-state index contributed by atoms with van der Waals surface area (Å²) >= 11 is 0. The summed E-state index contributed by atoms with van der Waals surface area (Å²) in [5.41, 5.74) is 0.141. The minimum atomic E-state index is -0.181. The van der Waals surface area contributed by atoms with Gasteiger partial charge in [0.05, 0.1) is 6.61 Å². The topological polar surface area (TPSA) is 26.3 Å². The van der Waals surface area contributed by atoms with Crippen LogP contribution in [0.15, 0.2) is 0 Å². The Morgan fingerprint density at radius 1 is 1.42 bits per heavy atom. The molecule has 12 heavy (non-hydrogen) atoms. The maximum atomic E-state index is 10.5. The van der Waals surface area contributed by atoms with Crippen LogP contribution in [0, 0.1) is 5.41 Å². The third-order valence-corrected chi connectivity index (χ3v) is 1.87. The Labute approximate surface area is 75.3 Å².